The Kier molecular flexibility index (Phi) is 3.41. The van der Waals surface area contributed by atoms with E-state index in [0.717, 1.165) is 5.69 Å². The largest absolute Gasteiger partial charge is 0.363 e. The molecule has 0 bridgehead atoms. The van der Waals surface area contributed by atoms with Gasteiger partial charge in [0.25, 0.3) is 0 Å². The second kappa shape index (κ2) is 4.99. The van der Waals surface area contributed by atoms with Gasteiger partial charge in [-0.25, -0.2) is 0 Å². The van der Waals surface area contributed by atoms with Crippen molar-refractivity contribution in [2.45, 2.75) is 44.2 Å². The van der Waals surface area contributed by atoms with Crippen molar-refractivity contribution in [2.75, 3.05) is 0 Å². The summed E-state index contributed by atoms with van der Waals surface area (Å²) in [5, 5.41) is 12.5. The van der Waals surface area contributed by atoms with E-state index in [1.165, 1.54) is 32.1 Å². The number of nitrogens with one attached hydrogen (secondary N) is 2. The normalized spacial score (nSPS) is 19.7. The van der Waals surface area contributed by atoms with E-state index in [2.05, 4.69) is 16.4 Å². The Labute approximate surface area is 90.5 Å². The molecule has 15 heavy (non-hydrogen) atoms. The first kappa shape index (κ1) is 10.3. The molecule has 1 aliphatic carbocycles. The molecule has 1 fully saturated rings. The van der Waals surface area contributed by atoms with Crippen LogP contribution < -0.4 is 5.32 Å². The van der Waals surface area contributed by atoms with E-state index in [4.69, 9.17) is 5.26 Å². The third-order valence-electron chi connectivity index (χ3n) is 3.07. The minimum atomic E-state index is -0.178. The Balaban J connectivity index is 1.94. The molecule has 1 aromatic rings. The van der Waals surface area contributed by atoms with Crippen molar-refractivity contribution in [2.24, 2.45) is 0 Å². The van der Waals surface area contributed by atoms with Crippen LogP contribution >= 0.6 is 0 Å². The topological polar surface area (TPSA) is 51.6 Å². The maximum Gasteiger partial charge on any atom is 0.136 e. The smallest absolute Gasteiger partial charge is 0.136 e. The fourth-order valence-electron chi connectivity index (χ4n) is 2.23. The molecule has 0 spiro atoms. The number of nitrogens with zero attached hydrogens (tertiary/aromatic N) is 1. The zero-order valence-electron chi connectivity index (χ0n) is 8.87. The van der Waals surface area contributed by atoms with Gasteiger partial charge in [0.15, 0.2) is 0 Å². The van der Waals surface area contributed by atoms with E-state index < -0.39 is 0 Å². The molecule has 0 aliphatic heterocycles. The van der Waals surface area contributed by atoms with Crippen LogP contribution in [0.15, 0.2) is 18.3 Å². The summed E-state index contributed by atoms with van der Waals surface area (Å²) in [7, 11) is 0. The van der Waals surface area contributed by atoms with Crippen molar-refractivity contribution in [3.63, 3.8) is 0 Å². The Hall–Kier alpha value is -1.27. The lowest BCUT2D eigenvalue weighted by molar-refractivity contribution is 0.358. The molecule has 1 aliphatic rings. The Morgan fingerprint density at radius 2 is 2.20 bits per heavy atom. The highest BCUT2D eigenvalue weighted by Crippen LogP contribution is 2.20. The molecule has 0 saturated heterocycles. The van der Waals surface area contributed by atoms with Crippen molar-refractivity contribution in [3.05, 3.63) is 24.0 Å². The highest BCUT2D eigenvalue weighted by Gasteiger charge is 2.18. The van der Waals surface area contributed by atoms with Gasteiger partial charge >= 0.3 is 0 Å². The molecule has 1 atom stereocenters. The Bertz CT molecular complexity index is 317. The number of nitriles is 1. The van der Waals surface area contributed by atoms with Gasteiger partial charge < -0.3 is 4.98 Å². The average Bonchev–Trinajstić information content (AvgIpc) is 2.81. The van der Waals surface area contributed by atoms with Gasteiger partial charge in [-0.3, -0.25) is 5.32 Å². The molecule has 1 heterocycles. The lowest BCUT2D eigenvalue weighted by Gasteiger charge is -2.24. The average molecular weight is 203 g/mol. The summed E-state index contributed by atoms with van der Waals surface area (Å²) in [4.78, 5) is 3.09. The molecule has 0 aromatic carbocycles. The second-order valence-electron chi connectivity index (χ2n) is 4.19. The highest BCUT2D eigenvalue weighted by molar-refractivity contribution is 5.16. The molecule has 2 rings (SSSR count). The number of hydrogen-bond donors (Lipinski definition) is 2. The summed E-state index contributed by atoms with van der Waals surface area (Å²) in [6.07, 6.45) is 8.21. The molecular formula is C12H17N3. The molecule has 3 nitrogen and oxygen atoms in total. The van der Waals surface area contributed by atoms with Gasteiger partial charge in [0.1, 0.15) is 6.04 Å². The summed E-state index contributed by atoms with van der Waals surface area (Å²) in [6, 6.07) is 6.55. The number of rotatable bonds is 3. The SMILES string of the molecule is N#CC(NC1CCCCC1)c1ccc[nH]1. The van der Waals surface area contributed by atoms with Gasteiger partial charge in [-0.2, -0.15) is 5.26 Å². The van der Waals surface area contributed by atoms with Crippen molar-refractivity contribution < 1.29 is 0 Å². The summed E-state index contributed by atoms with van der Waals surface area (Å²) in [6.45, 7) is 0. The number of hydrogen-bond acceptors (Lipinski definition) is 2. The maximum absolute atomic E-state index is 9.10. The van der Waals surface area contributed by atoms with Crippen LogP contribution in [-0.2, 0) is 0 Å². The van der Waals surface area contributed by atoms with E-state index in [1.54, 1.807) is 0 Å². The fourth-order valence-corrected chi connectivity index (χ4v) is 2.23. The third-order valence-corrected chi connectivity index (χ3v) is 3.07. The Morgan fingerprint density at radius 1 is 1.40 bits per heavy atom. The number of H-pyrrole nitrogens is 1. The van der Waals surface area contributed by atoms with Crippen LogP contribution in [0, 0.1) is 11.3 Å². The van der Waals surface area contributed by atoms with E-state index in [-0.39, 0.29) is 6.04 Å². The van der Waals surface area contributed by atoms with Crippen LogP contribution in [-0.4, -0.2) is 11.0 Å². The molecular weight excluding hydrogens is 186 g/mol. The number of aromatic amines is 1. The summed E-state index contributed by atoms with van der Waals surface area (Å²) in [5.41, 5.74) is 0.975. The van der Waals surface area contributed by atoms with Gasteiger partial charge in [-0.05, 0) is 25.0 Å². The summed E-state index contributed by atoms with van der Waals surface area (Å²) in [5.74, 6) is 0. The minimum absolute atomic E-state index is 0.178. The monoisotopic (exact) mass is 203 g/mol. The molecule has 1 unspecified atom stereocenters. The van der Waals surface area contributed by atoms with E-state index >= 15 is 0 Å². The molecule has 0 amide bonds. The molecule has 3 heteroatoms. The first-order valence-electron chi connectivity index (χ1n) is 5.69. The molecule has 80 valence electrons. The summed E-state index contributed by atoms with van der Waals surface area (Å²) >= 11 is 0. The standard InChI is InChI=1S/C12H17N3/c13-9-12(11-7-4-8-14-11)15-10-5-2-1-3-6-10/h4,7-8,10,12,14-15H,1-3,5-6H2. The van der Waals surface area contributed by atoms with Crippen molar-refractivity contribution in [1.29, 1.82) is 5.26 Å². The van der Waals surface area contributed by atoms with Crippen molar-refractivity contribution in [1.82, 2.24) is 10.3 Å². The summed E-state index contributed by atoms with van der Waals surface area (Å²) < 4.78 is 0. The molecule has 2 N–H and O–H groups in total. The number of aromatic nitrogens is 1. The van der Waals surface area contributed by atoms with Gasteiger partial charge in [0.05, 0.1) is 6.07 Å². The third kappa shape index (κ3) is 2.60. The molecule has 0 radical (unpaired) electrons. The van der Waals surface area contributed by atoms with Gasteiger partial charge in [0, 0.05) is 17.9 Å². The van der Waals surface area contributed by atoms with Crippen molar-refractivity contribution >= 4 is 0 Å². The van der Waals surface area contributed by atoms with Crippen LogP contribution in [0.25, 0.3) is 0 Å². The second-order valence-corrected chi connectivity index (χ2v) is 4.19. The van der Waals surface area contributed by atoms with Crippen LogP contribution in [0.1, 0.15) is 43.8 Å². The van der Waals surface area contributed by atoms with Crippen LogP contribution in [0.3, 0.4) is 0 Å². The van der Waals surface area contributed by atoms with Crippen LogP contribution in [0.2, 0.25) is 0 Å². The lowest BCUT2D eigenvalue weighted by Crippen LogP contribution is -2.33. The van der Waals surface area contributed by atoms with E-state index in [0.29, 0.717) is 6.04 Å². The van der Waals surface area contributed by atoms with Gasteiger partial charge in [-0.1, -0.05) is 19.3 Å². The Morgan fingerprint density at radius 3 is 2.80 bits per heavy atom. The zero-order chi connectivity index (χ0) is 10.5. The van der Waals surface area contributed by atoms with E-state index in [1.807, 2.05) is 18.3 Å². The van der Waals surface area contributed by atoms with Gasteiger partial charge in [-0.15, -0.1) is 0 Å². The quantitative estimate of drug-likeness (QED) is 0.793. The predicted molar refractivity (Wildman–Crippen MR) is 59.2 cm³/mol. The van der Waals surface area contributed by atoms with Crippen molar-refractivity contribution in [3.8, 4) is 6.07 Å². The molecule has 1 aromatic heterocycles. The van der Waals surface area contributed by atoms with Gasteiger partial charge in [0.2, 0.25) is 0 Å². The fraction of sp³-hybridized carbons (Fsp3) is 0.583. The molecule has 1 saturated carbocycles. The zero-order valence-corrected chi connectivity index (χ0v) is 8.87. The first-order chi connectivity index (χ1) is 7.40. The predicted octanol–water partition coefficient (Wildman–Crippen LogP) is 2.50. The highest BCUT2D eigenvalue weighted by atomic mass is 15.0. The maximum atomic E-state index is 9.10. The van der Waals surface area contributed by atoms with Crippen LogP contribution in [0.5, 0.6) is 0 Å². The lowest BCUT2D eigenvalue weighted by atomic mass is 9.95. The van der Waals surface area contributed by atoms with Crippen LogP contribution in [0.4, 0.5) is 0 Å². The minimum Gasteiger partial charge on any atom is -0.363 e. The first-order valence-corrected chi connectivity index (χ1v) is 5.69. The van der Waals surface area contributed by atoms with E-state index in [9.17, 15) is 0 Å².